The van der Waals surface area contributed by atoms with Crippen molar-refractivity contribution in [3.05, 3.63) is 54.2 Å². The van der Waals surface area contributed by atoms with Crippen LogP contribution >= 0.6 is 0 Å². The predicted molar refractivity (Wildman–Crippen MR) is 161 cm³/mol. The fourth-order valence-corrected chi connectivity index (χ4v) is 7.78. The molecule has 8 nitrogen and oxygen atoms in total. The topological polar surface area (TPSA) is 70.5 Å². The van der Waals surface area contributed by atoms with E-state index >= 15 is 0 Å². The van der Waals surface area contributed by atoms with Crippen molar-refractivity contribution in [3.8, 4) is 22.9 Å². The van der Waals surface area contributed by atoms with Gasteiger partial charge in [-0.05, 0) is 93.8 Å². The normalized spacial score (nSPS) is 24.2. The molecule has 2 aliphatic carbocycles. The van der Waals surface area contributed by atoms with Crippen molar-refractivity contribution < 1.29 is 9.13 Å². The van der Waals surface area contributed by atoms with Crippen LogP contribution in [0.4, 0.5) is 10.2 Å². The maximum atomic E-state index is 14.5. The summed E-state index contributed by atoms with van der Waals surface area (Å²) in [5.74, 6) is 3.17. The van der Waals surface area contributed by atoms with Crippen molar-refractivity contribution in [2.24, 2.45) is 17.3 Å². The van der Waals surface area contributed by atoms with Gasteiger partial charge in [-0.15, -0.1) is 10.2 Å². The molecular weight excluding hydrogens is 529 g/mol. The molecule has 4 heterocycles. The summed E-state index contributed by atoms with van der Waals surface area (Å²) >= 11 is 0. The van der Waals surface area contributed by atoms with E-state index in [4.69, 9.17) is 4.74 Å². The van der Waals surface area contributed by atoms with Crippen LogP contribution in [0.25, 0.3) is 11.3 Å². The van der Waals surface area contributed by atoms with Gasteiger partial charge in [0, 0.05) is 55.4 Å². The minimum Gasteiger partial charge on any atom is -0.434 e. The van der Waals surface area contributed by atoms with Crippen molar-refractivity contribution in [2.45, 2.75) is 64.0 Å². The lowest BCUT2D eigenvalue weighted by atomic mass is 9.68. The molecule has 2 saturated carbocycles. The minimum atomic E-state index is -0.322. The summed E-state index contributed by atoms with van der Waals surface area (Å²) in [6.07, 6.45) is 9.25. The van der Waals surface area contributed by atoms with Gasteiger partial charge in [0.05, 0.1) is 5.69 Å². The molecule has 4 fully saturated rings. The van der Waals surface area contributed by atoms with E-state index in [1.807, 2.05) is 6.07 Å². The van der Waals surface area contributed by atoms with Gasteiger partial charge in [0.15, 0.2) is 5.82 Å². The number of pyridine rings is 1. The molecule has 222 valence electrons. The predicted octanol–water partition coefficient (Wildman–Crippen LogP) is 5.62. The number of nitrogens with zero attached hydrogens (tertiary/aromatic N) is 7. The zero-order valence-electron chi connectivity index (χ0n) is 25.2. The van der Waals surface area contributed by atoms with Crippen LogP contribution in [0.1, 0.15) is 57.4 Å². The second kappa shape index (κ2) is 10.8. The first-order valence-electron chi connectivity index (χ1n) is 15.6. The third kappa shape index (κ3) is 5.15. The van der Waals surface area contributed by atoms with Crippen molar-refractivity contribution in [1.82, 2.24) is 30.0 Å². The van der Waals surface area contributed by atoms with E-state index in [9.17, 15) is 4.39 Å². The number of hydrogen-bond acceptors (Lipinski definition) is 8. The summed E-state index contributed by atoms with van der Waals surface area (Å²) in [5.41, 5.74) is 2.81. The maximum absolute atomic E-state index is 14.5. The highest BCUT2D eigenvalue weighted by atomic mass is 19.1. The summed E-state index contributed by atoms with van der Waals surface area (Å²) in [5, 5.41) is 8.42. The molecule has 3 aromatic rings. The van der Waals surface area contributed by atoms with Gasteiger partial charge in [0.1, 0.15) is 17.9 Å². The highest BCUT2D eigenvalue weighted by molar-refractivity contribution is 5.72. The first-order chi connectivity index (χ1) is 20.3. The summed E-state index contributed by atoms with van der Waals surface area (Å²) in [6, 6.07) is 10.0. The summed E-state index contributed by atoms with van der Waals surface area (Å²) in [4.78, 5) is 16.7. The number of halogens is 1. The molecule has 0 unspecified atom stereocenters. The molecule has 9 heteroatoms. The number of anilines is 1. The first-order valence-corrected chi connectivity index (χ1v) is 15.6. The van der Waals surface area contributed by atoms with E-state index in [0.29, 0.717) is 40.9 Å². The third-order valence-electron chi connectivity index (χ3n) is 10.1. The highest BCUT2D eigenvalue weighted by Gasteiger charge is 2.53. The Morgan fingerprint density at radius 1 is 1.07 bits per heavy atom. The largest absolute Gasteiger partial charge is 0.434 e. The maximum Gasteiger partial charge on any atom is 0.282 e. The quantitative estimate of drug-likeness (QED) is 0.328. The van der Waals surface area contributed by atoms with Crippen LogP contribution in [0.5, 0.6) is 11.6 Å². The second-order valence-corrected chi connectivity index (χ2v) is 13.7. The molecule has 0 bridgehead atoms. The summed E-state index contributed by atoms with van der Waals surface area (Å²) < 4.78 is 20.9. The Labute approximate surface area is 248 Å². The van der Waals surface area contributed by atoms with Gasteiger partial charge in [-0.2, -0.15) is 0 Å². The number of ether oxygens (including phenoxy) is 1. The Morgan fingerprint density at radius 2 is 1.88 bits per heavy atom. The highest BCUT2D eigenvalue weighted by Crippen LogP contribution is 2.49. The van der Waals surface area contributed by atoms with E-state index in [1.54, 1.807) is 12.3 Å². The van der Waals surface area contributed by atoms with Gasteiger partial charge >= 0.3 is 0 Å². The van der Waals surface area contributed by atoms with Crippen LogP contribution in [0.15, 0.2) is 42.9 Å². The Kier molecular flexibility index (Phi) is 7.13. The van der Waals surface area contributed by atoms with E-state index in [2.05, 4.69) is 68.9 Å². The lowest BCUT2D eigenvalue weighted by molar-refractivity contribution is -0.0762. The van der Waals surface area contributed by atoms with Gasteiger partial charge < -0.3 is 14.5 Å². The lowest BCUT2D eigenvalue weighted by Crippen LogP contribution is -2.65. The monoisotopic (exact) mass is 571 g/mol. The van der Waals surface area contributed by atoms with Crippen molar-refractivity contribution in [1.29, 1.82) is 0 Å². The van der Waals surface area contributed by atoms with E-state index in [-0.39, 0.29) is 11.2 Å². The van der Waals surface area contributed by atoms with Crippen LogP contribution in [-0.4, -0.2) is 82.3 Å². The Balaban J connectivity index is 1.08. The minimum absolute atomic E-state index is 0.272. The molecule has 42 heavy (non-hydrogen) atoms. The Morgan fingerprint density at radius 3 is 2.62 bits per heavy atom. The smallest absolute Gasteiger partial charge is 0.282 e. The summed E-state index contributed by atoms with van der Waals surface area (Å²) in [7, 11) is 4.41. The third-order valence-corrected chi connectivity index (χ3v) is 10.1. The van der Waals surface area contributed by atoms with Crippen LogP contribution in [0, 0.1) is 23.1 Å². The number of aromatic nitrogens is 4. The molecule has 0 radical (unpaired) electrons. The van der Waals surface area contributed by atoms with E-state index < -0.39 is 0 Å². The standard InChI is InChI=1S/C33H42FN7O/c1-21(2)30(23-14-25(15-23)39(3)4)41-18-33(19-41)11-13-40(17-33)31-32(38-37-20-36-31)42-28-10-9-24(34)16-27(28)29-26(22-7-8-22)6-5-12-35-29/h5-6,9-10,12,16,20-23,25,30H,7-8,11,13-15,17-19H2,1-4H3/t23?,25?,30-/m1/s1. The summed E-state index contributed by atoms with van der Waals surface area (Å²) in [6.45, 7) is 8.88. The van der Waals surface area contributed by atoms with E-state index in [0.717, 1.165) is 68.7 Å². The lowest BCUT2D eigenvalue weighted by Gasteiger charge is -2.57. The molecule has 7 rings (SSSR count). The zero-order valence-corrected chi connectivity index (χ0v) is 25.2. The molecule has 1 aromatic carbocycles. The van der Waals surface area contributed by atoms with Gasteiger partial charge in [0.2, 0.25) is 0 Å². The van der Waals surface area contributed by atoms with Crippen LogP contribution in [-0.2, 0) is 0 Å². The molecule has 1 spiro atoms. The molecule has 0 N–H and O–H groups in total. The second-order valence-electron chi connectivity index (χ2n) is 13.7. The average Bonchev–Trinajstić information content (AvgIpc) is 3.68. The van der Waals surface area contributed by atoms with Gasteiger partial charge in [0.25, 0.3) is 5.88 Å². The fourth-order valence-electron chi connectivity index (χ4n) is 7.78. The SMILES string of the molecule is CC(C)[C@H](C1CC(N(C)C)C1)N1CC2(CCN(c3ncnnc3Oc3ccc(F)cc3-c3ncccc3C3CC3)C2)C1. The molecular formula is C33H42FN7O. The first kappa shape index (κ1) is 27.7. The van der Waals surface area contributed by atoms with Crippen molar-refractivity contribution in [3.63, 3.8) is 0 Å². The molecule has 1 atom stereocenters. The molecule has 2 aliphatic heterocycles. The number of hydrogen-bond donors (Lipinski definition) is 0. The van der Waals surface area contributed by atoms with Gasteiger partial charge in [-0.25, -0.2) is 9.37 Å². The van der Waals surface area contributed by atoms with Crippen LogP contribution in [0.2, 0.25) is 0 Å². The molecule has 0 amide bonds. The van der Waals surface area contributed by atoms with Gasteiger partial charge in [-0.1, -0.05) is 19.9 Å². The number of benzene rings is 1. The van der Waals surface area contributed by atoms with Crippen LogP contribution < -0.4 is 9.64 Å². The van der Waals surface area contributed by atoms with E-state index in [1.165, 1.54) is 31.3 Å². The molecule has 4 aliphatic rings. The number of likely N-dealkylation sites (tertiary alicyclic amines) is 1. The molecule has 2 saturated heterocycles. The average molecular weight is 572 g/mol. The Hall–Kier alpha value is -3.17. The number of rotatable bonds is 9. The van der Waals surface area contributed by atoms with Crippen LogP contribution in [0.3, 0.4) is 0 Å². The molecule has 2 aromatic heterocycles. The Bertz CT molecular complexity index is 1430. The zero-order chi connectivity index (χ0) is 29.0. The van der Waals surface area contributed by atoms with Crippen molar-refractivity contribution in [2.75, 3.05) is 45.2 Å². The fraction of sp³-hybridized carbons (Fsp3) is 0.576. The van der Waals surface area contributed by atoms with Gasteiger partial charge in [-0.3, -0.25) is 9.88 Å². The van der Waals surface area contributed by atoms with Crippen molar-refractivity contribution >= 4 is 5.82 Å².